The standard InChI is InChI=1S/C23H22ClF3N8O/c1-23(12-36-13-23)33-4-2-32(3-5-33)19-7-18-14(6-16(19)24)8-30-35(18)15-9-29-34(11-15)22-28-10-17(25)20(31-22)21(26)27/h6-11,21H,2-5,12-13H2,1H3. The number of alkyl halides is 2. The molecular formula is C23H22ClF3N8O. The second-order valence-electron chi connectivity index (χ2n) is 9.23. The third kappa shape index (κ3) is 3.89. The summed E-state index contributed by atoms with van der Waals surface area (Å²) in [5.41, 5.74) is 1.43. The lowest BCUT2D eigenvalue weighted by Gasteiger charge is -2.50. The first kappa shape index (κ1) is 23.2. The van der Waals surface area contributed by atoms with Crippen LogP contribution in [-0.2, 0) is 4.74 Å². The first-order valence-electron chi connectivity index (χ1n) is 11.4. The van der Waals surface area contributed by atoms with Crippen molar-refractivity contribution in [1.82, 2.24) is 34.4 Å². The Kier molecular flexibility index (Phi) is 5.61. The van der Waals surface area contributed by atoms with Crippen molar-refractivity contribution >= 4 is 28.2 Å². The van der Waals surface area contributed by atoms with E-state index in [1.807, 2.05) is 12.1 Å². The van der Waals surface area contributed by atoms with E-state index in [2.05, 4.69) is 36.9 Å². The Morgan fingerprint density at radius 3 is 2.53 bits per heavy atom. The highest BCUT2D eigenvalue weighted by molar-refractivity contribution is 6.34. The van der Waals surface area contributed by atoms with Gasteiger partial charge < -0.3 is 9.64 Å². The Labute approximate surface area is 209 Å². The number of piperazine rings is 1. The molecule has 2 aliphatic rings. The molecule has 3 aromatic heterocycles. The molecule has 5 heterocycles. The number of aromatic nitrogens is 6. The van der Waals surface area contributed by atoms with E-state index < -0.39 is 17.9 Å². The van der Waals surface area contributed by atoms with Gasteiger partial charge >= 0.3 is 0 Å². The number of benzene rings is 1. The second kappa shape index (κ2) is 8.71. The summed E-state index contributed by atoms with van der Waals surface area (Å²) in [6, 6.07) is 3.88. The Hall–Kier alpha value is -3.22. The highest BCUT2D eigenvalue weighted by Gasteiger charge is 2.40. The number of ether oxygens (including phenoxy) is 1. The number of fused-ring (bicyclic) bond motifs is 1. The van der Waals surface area contributed by atoms with E-state index in [1.54, 1.807) is 17.1 Å². The fraction of sp³-hybridized carbons (Fsp3) is 0.391. The quantitative estimate of drug-likeness (QED) is 0.399. The molecule has 2 saturated heterocycles. The first-order chi connectivity index (χ1) is 17.3. The van der Waals surface area contributed by atoms with Gasteiger partial charge in [-0.25, -0.2) is 32.5 Å². The van der Waals surface area contributed by atoms with Gasteiger partial charge in [-0.2, -0.15) is 10.2 Å². The molecule has 6 rings (SSSR count). The maximum Gasteiger partial charge on any atom is 0.283 e. The number of hydrogen-bond acceptors (Lipinski definition) is 7. The van der Waals surface area contributed by atoms with Crippen LogP contribution in [0.1, 0.15) is 19.0 Å². The summed E-state index contributed by atoms with van der Waals surface area (Å²) >= 11 is 6.66. The van der Waals surface area contributed by atoms with Gasteiger partial charge in [0.25, 0.3) is 12.4 Å². The van der Waals surface area contributed by atoms with Gasteiger partial charge in [-0.05, 0) is 19.1 Å². The summed E-state index contributed by atoms with van der Waals surface area (Å²) in [5.74, 6) is -1.33. The van der Waals surface area contributed by atoms with Crippen LogP contribution in [0.4, 0.5) is 18.9 Å². The average Bonchev–Trinajstić information content (AvgIpc) is 3.49. The summed E-state index contributed by atoms with van der Waals surface area (Å²) in [4.78, 5) is 12.1. The molecule has 0 atom stereocenters. The molecule has 0 radical (unpaired) electrons. The number of hydrogen-bond donors (Lipinski definition) is 0. The molecule has 0 spiro atoms. The smallest absolute Gasteiger partial charge is 0.283 e. The monoisotopic (exact) mass is 518 g/mol. The summed E-state index contributed by atoms with van der Waals surface area (Å²) in [7, 11) is 0. The van der Waals surface area contributed by atoms with Gasteiger partial charge in [0.15, 0.2) is 5.82 Å². The van der Waals surface area contributed by atoms with Crippen LogP contribution < -0.4 is 4.90 Å². The molecule has 9 nitrogen and oxygen atoms in total. The third-order valence-corrected chi connectivity index (χ3v) is 7.13. The maximum atomic E-state index is 13.6. The predicted octanol–water partition coefficient (Wildman–Crippen LogP) is 3.64. The highest BCUT2D eigenvalue weighted by atomic mass is 35.5. The van der Waals surface area contributed by atoms with E-state index in [0.717, 1.165) is 56.0 Å². The van der Waals surface area contributed by atoms with Crippen molar-refractivity contribution in [3.63, 3.8) is 0 Å². The molecule has 2 aliphatic heterocycles. The SMILES string of the molecule is CC1(N2CCN(c3cc4c(cnn4-c4cnn(-c5ncc(F)c(C(F)F)n5)c4)cc3Cl)CC2)COC1. The Balaban J connectivity index is 1.29. The van der Waals surface area contributed by atoms with Crippen molar-refractivity contribution in [3.05, 3.63) is 53.5 Å². The summed E-state index contributed by atoms with van der Waals surface area (Å²) in [6.07, 6.45) is 2.40. The lowest BCUT2D eigenvalue weighted by Crippen LogP contribution is -2.64. The molecule has 0 aliphatic carbocycles. The lowest BCUT2D eigenvalue weighted by atomic mass is 9.97. The number of nitrogens with zero attached hydrogens (tertiary/aromatic N) is 8. The molecule has 188 valence electrons. The minimum atomic E-state index is -3.06. The third-order valence-electron chi connectivity index (χ3n) is 6.83. The van der Waals surface area contributed by atoms with Crippen molar-refractivity contribution in [2.45, 2.75) is 18.9 Å². The normalized spacial score (nSPS) is 18.2. The molecule has 2 fully saturated rings. The fourth-order valence-electron chi connectivity index (χ4n) is 4.72. The minimum absolute atomic E-state index is 0.114. The Morgan fingerprint density at radius 1 is 1.06 bits per heavy atom. The molecular weight excluding hydrogens is 497 g/mol. The maximum absolute atomic E-state index is 13.6. The topological polar surface area (TPSA) is 77.1 Å². The largest absolute Gasteiger partial charge is 0.377 e. The molecule has 0 amide bonds. The summed E-state index contributed by atoms with van der Waals surface area (Å²) in [6.45, 7) is 7.26. The molecule has 36 heavy (non-hydrogen) atoms. The van der Waals surface area contributed by atoms with Crippen molar-refractivity contribution < 1.29 is 17.9 Å². The first-order valence-corrected chi connectivity index (χ1v) is 11.8. The van der Waals surface area contributed by atoms with Crippen LogP contribution in [0.25, 0.3) is 22.5 Å². The van der Waals surface area contributed by atoms with Gasteiger partial charge in [0, 0.05) is 31.6 Å². The van der Waals surface area contributed by atoms with Crippen LogP contribution in [0.3, 0.4) is 0 Å². The van der Waals surface area contributed by atoms with E-state index in [1.165, 1.54) is 10.9 Å². The van der Waals surface area contributed by atoms with E-state index in [-0.39, 0.29) is 11.5 Å². The van der Waals surface area contributed by atoms with Crippen LogP contribution in [0.2, 0.25) is 5.02 Å². The zero-order valence-corrected chi connectivity index (χ0v) is 20.0. The number of halogens is 4. The number of anilines is 1. The van der Waals surface area contributed by atoms with Crippen LogP contribution in [0, 0.1) is 5.82 Å². The van der Waals surface area contributed by atoms with Crippen LogP contribution in [0.5, 0.6) is 0 Å². The van der Waals surface area contributed by atoms with Crippen molar-refractivity contribution in [3.8, 4) is 11.6 Å². The van der Waals surface area contributed by atoms with E-state index >= 15 is 0 Å². The van der Waals surface area contributed by atoms with Gasteiger partial charge in [0.2, 0.25) is 0 Å². The van der Waals surface area contributed by atoms with Gasteiger partial charge in [-0.1, -0.05) is 11.6 Å². The van der Waals surface area contributed by atoms with E-state index in [4.69, 9.17) is 16.3 Å². The van der Waals surface area contributed by atoms with Gasteiger partial charge in [-0.15, -0.1) is 0 Å². The zero-order chi connectivity index (χ0) is 25.0. The van der Waals surface area contributed by atoms with Crippen LogP contribution in [0.15, 0.2) is 36.9 Å². The van der Waals surface area contributed by atoms with Gasteiger partial charge in [0.05, 0.1) is 59.8 Å². The van der Waals surface area contributed by atoms with Crippen molar-refractivity contribution in [2.75, 3.05) is 44.3 Å². The van der Waals surface area contributed by atoms with Crippen LogP contribution in [-0.4, -0.2) is 79.4 Å². The zero-order valence-electron chi connectivity index (χ0n) is 19.3. The molecule has 0 unspecified atom stereocenters. The number of rotatable bonds is 5. The van der Waals surface area contributed by atoms with E-state index in [0.29, 0.717) is 16.9 Å². The summed E-state index contributed by atoms with van der Waals surface area (Å²) < 4.78 is 48.0. The molecule has 13 heteroatoms. The molecule has 4 aromatic rings. The summed E-state index contributed by atoms with van der Waals surface area (Å²) in [5, 5.41) is 10.1. The van der Waals surface area contributed by atoms with Crippen LogP contribution >= 0.6 is 11.6 Å². The molecule has 0 saturated carbocycles. The highest BCUT2D eigenvalue weighted by Crippen LogP contribution is 2.34. The lowest BCUT2D eigenvalue weighted by molar-refractivity contribution is -0.131. The minimum Gasteiger partial charge on any atom is -0.377 e. The Bertz CT molecular complexity index is 1430. The predicted molar refractivity (Wildman–Crippen MR) is 127 cm³/mol. The Morgan fingerprint density at radius 2 is 1.83 bits per heavy atom. The van der Waals surface area contributed by atoms with Crippen molar-refractivity contribution in [1.29, 1.82) is 0 Å². The average molecular weight is 519 g/mol. The molecule has 1 aromatic carbocycles. The molecule has 0 bridgehead atoms. The van der Waals surface area contributed by atoms with Gasteiger partial charge in [-0.3, -0.25) is 4.90 Å². The fourth-order valence-corrected chi connectivity index (χ4v) is 5.01. The van der Waals surface area contributed by atoms with E-state index in [9.17, 15) is 13.2 Å². The second-order valence-corrected chi connectivity index (χ2v) is 9.64. The van der Waals surface area contributed by atoms with Gasteiger partial charge in [0.1, 0.15) is 11.4 Å². The molecule has 0 N–H and O–H groups in total. The van der Waals surface area contributed by atoms with Crippen molar-refractivity contribution in [2.24, 2.45) is 0 Å².